The lowest BCUT2D eigenvalue weighted by Crippen LogP contribution is -2.39. The summed E-state index contributed by atoms with van der Waals surface area (Å²) in [5.74, 6) is 3.58. The molecule has 2 N–H and O–H groups in total. The molecule has 0 bridgehead atoms. The smallest absolute Gasteiger partial charge is 0.219 e. The molecule has 1 aliphatic rings. The number of halogens is 1. The van der Waals surface area contributed by atoms with Crippen LogP contribution in [0.5, 0.6) is 17.4 Å². The number of guanidine groups is 1. The highest BCUT2D eigenvalue weighted by Gasteiger charge is 2.33. The second-order valence-electron chi connectivity index (χ2n) is 6.44. The molecule has 0 amide bonds. The summed E-state index contributed by atoms with van der Waals surface area (Å²) in [6.45, 7) is 5.73. The Morgan fingerprint density at radius 2 is 2.04 bits per heavy atom. The van der Waals surface area contributed by atoms with Crippen molar-refractivity contribution in [2.45, 2.75) is 32.9 Å². The number of aliphatic imine (C=N–C) groups is 1. The van der Waals surface area contributed by atoms with Crippen LogP contribution in [0.25, 0.3) is 0 Å². The van der Waals surface area contributed by atoms with Gasteiger partial charge in [-0.25, -0.2) is 9.98 Å². The molecule has 27 heavy (non-hydrogen) atoms. The molecule has 7 heteroatoms. The SMILES string of the molecule is CCNC(=NCc1ccc(Oc2cccc(OC)c2)nc1)NC1CC1C.I. The summed E-state index contributed by atoms with van der Waals surface area (Å²) in [7, 11) is 1.63. The number of hydrogen-bond acceptors (Lipinski definition) is 4. The fraction of sp³-hybridized carbons (Fsp3) is 0.400. The Kier molecular flexibility index (Phi) is 8.15. The number of rotatable bonds is 7. The molecule has 1 aliphatic carbocycles. The van der Waals surface area contributed by atoms with E-state index in [9.17, 15) is 0 Å². The Morgan fingerprint density at radius 3 is 2.67 bits per heavy atom. The fourth-order valence-corrected chi connectivity index (χ4v) is 2.54. The second-order valence-corrected chi connectivity index (χ2v) is 6.44. The van der Waals surface area contributed by atoms with E-state index in [-0.39, 0.29) is 24.0 Å². The number of hydrogen-bond donors (Lipinski definition) is 2. The van der Waals surface area contributed by atoms with E-state index in [1.165, 1.54) is 6.42 Å². The molecule has 1 saturated carbocycles. The number of nitrogens with zero attached hydrogens (tertiary/aromatic N) is 2. The van der Waals surface area contributed by atoms with Crippen LogP contribution in [0, 0.1) is 5.92 Å². The van der Waals surface area contributed by atoms with Crippen molar-refractivity contribution in [3.8, 4) is 17.4 Å². The summed E-state index contributed by atoms with van der Waals surface area (Å²) in [6.07, 6.45) is 3.00. The van der Waals surface area contributed by atoms with Gasteiger partial charge in [-0.1, -0.05) is 19.1 Å². The third-order valence-corrected chi connectivity index (χ3v) is 4.26. The third kappa shape index (κ3) is 6.57. The molecule has 6 nitrogen and oxygen atoms in total. The van der Waals surface area contributed by atoms with Crippen LogP contribution in [0.1, 0.15) is 25.8 Å². The standard InChI is InChI=1S/C20H26N4O2.HI/c1-4-21-20(24-18-10-14(18)2)23-13-15-8-9-19(22-12-15)26-17-7-5-6-16(11-17)25-3;/h5-9,11-12,14,18H,4,10,13H2,1-3H3,(H2,21,23,24);1H. The highest BCUT2D eigenvalue weighted by atomic mass is 127. The van der Waals surface area contributed by atoms with Crippen LogP contribution in [0.3, 0.4) is 0 Å². The van der Waals surface area contributed by atoms with Crippen molar-refractivity contribution in [3.05, 3.63) is 48.2 Å². The summed E-state index contributed by atoms with van der Waals surface area (Å²) < 4.78 is 11.0. The predicted octanol–water partition coefficient (Wildman–Crippen LogP) is 3.96. The van der Waals surface area contributed by atoms with E-state index in [4.69, 9.17) is 9.47 Å². The molecule has 0 saturated heterocycles. The van der Waals surface area contributed by atoms with Gasteiger partial charge in [-0.3, -0.25) is 0 Å². The summed E-state index contributed by atoms with van der Waals surface area (Å²) in [5, 5.41) is 6.73. The van der Waals surface area contributed by atoms with Gasteiger partial charge in [0.1, 0.15) is 11.5 Å². The topological polar surface area (TPSA) is 67.8 Å². The second kappa shape index (κ2) is 10.3. The lowest BCUT2D eigenvalue weighted by molar-refractivity contribution is 0.407. The minimum atomic E-state index is 0. The number of nitrogens with one attached hydrogen (secondary N) is 2. The van der Waals surface area contributed by atoms with Gasteiger partial charge < -0.3 is 20.1 Å². The van der Waals surface area contributed by atoms with Crippen LogP contribution in [0.2, 0.25) is 0 Å². The van der Waals surface area contributed by atoms with Crippen LogP contribution < -0.4 is 20.1 Å². The van der Waals surface area contributed by atoms with Crippen LogP contribution >= 0.6 is 24.0 Å². The van der Waals surface area contributed by atoms with E-state index >= 15 is 0 Å². The molecule has 2 atom stereocenters. The van der Waals surface area contributed by atoms with E-state index < -0.39 is 0 Å². The molecule has 0 radical (unpaired) electrons. The minimum Gasteiger partial charge on any atom is -0.497 e. The average Bonchev–Trinajstić information content (AvgIpc) is 3.36. The van der Waals surface area contributed by atoms with Crippen molar-refractivity contribution in [2.24, 2.45) is 10.9 Å². The number of pyridine rings is 1. The first-order valence-electron chi connectivity index (χ1n) is 8.99. The van der Waals surface area contributed by atoms with Crippen LogP contribution in [-0.4, -0.2) is 30.6 Å². The molecule has 2 unspecified atom stereocenters. The van der Waals surface area contributed by atoms with Crippen molar-refractivity contribution in [1.29, 1.82) is 0 Å². The largest absolute Gasteiger partial charge is 0.497 e. The van der Waals surface area contributed by atoms with Gasteiger partial charge in [-0.2, -0.15) is 0 Å². The maximum Gasteiger partial charge on any atom is 0.219 e. The van der Waals surface area contributed by atoms with Gasteiger partial charge in [-0.05, 0) is 37.0 Å². The number of methoxy groups -OCH3 is 1. The lowest BCUT2D eigenvalue weighted by atomic mass is 10.3. The highest BCUT2D eigenvalue weighted by Crippen LogP contribution is 2.28. The number of benzene rings is 1. The Hall–Kier alpha value is -2.03. The van der Waals surface area contributed by atoms with Crippen LogP contribution in [-0.2, 0) is 6.54 Å². The van der Waals surface area contributed by atoms with Crippen LogP contribution in [0.4, 0.5) is 0 Å². The average molecular weight is 482 g/mol. The molecular formula is C20H27IN4O2. The highest BCUT2D eigenvalue weighted by molar-refractivity contribution is 14.0. The molecule has 3 rings (SSSR count). The van der Waals surface area contributed by atoms with Gasteiger partial charge in [0, 0.05) is 30.9 Å². The zero-order valence-corrected chi connectivity index (χ0v) is 18.3. The Balaban J connectivity index is 0.00000261. The molecular weight excluding hydrogens is 455 g/mol. The molecule has 1 heterocycles. The first kappa shape index (κ1) is 21.3. The number of aromatic nitrogens is 1. The number of ether oxygens (including phenoxy) is 2. The minimum absolute atomic E-state index is 0. The molecule has 1 aromatic heterocycles. The Morgan fingerprint density at radius 1 is 1.26 bits per heavy atom. The van der Waals surface area contributed by atoms with Crippen molar-refractivity contribution >= 4 is 29.9 Å². The van der Waals surface area contributed by atoms with Crippen LogP contribution in [0.15, 0.2) is 47.6 Å². The molecule has 2 aromatic rings. The molecule has 0 spiro atoms. The van der Waals surface area contributed by atoms with Crippen molar-refractivity contribution < 1.29 is 9.47 Å². The molecule has 0 aliphatic heterocycles. The van der Waals surface area contributed by atoms with Gasteiger partial charge in [0.15, 0.2) is 5.96 Å². The Bertz CT molecular complexity index is 752. The van der Waals surface area contributed by atoms with E-state index in [1.54, 1.807) is 13.3 Å². The summed E-state index contributed by atoms with van der Waals surface area (Å²) in [5.41, 5.74) is 1.03. The zero-order chi connectivity index (χ0) is 18.4. The maximum atomic E-state index is 5.76. The van der Waals surface area contributed by atoms with E-state index in [0.717, 1.165) is 29.7 Å². The molecule has 146 valence electrons. The summed E-state index contributed by atoms with van der Waals surface area (Å²) >= 11 is 0. The van der Waals surface area contributed by atoms with Gasteiger partial charge in [-0.15, -0.1) is 24.0 Å². The van der Waals surface area contributed by atoms with Crippen molar-refractivity contribution in [1.82, 2.24) is 15.6 Å². The quantitative estimate of drug-likeness (QED) is 0.355. The monoisotopic (exact) mass is 482 g/mol. The summed E-state index contributed by atoms with van der Waals surface area (Å²) in [6, 6.07) is 11.8. The van der Waals surface area contributed by atoms with Gasteiger partial charge in [0.05, 0.1) is 13.7 Å². The lowest BCUT2D eigenvalue weighted by Gasteiger charge is -2.11. The third-order valence-electron chi connectivity index (χ3n) is 4.26. The van der Waals surface area contributed by atoms with Gasteiger partial charge in [0.2, 0.25) is 5.88 Å². The molecule has 1 fully saturated rings. The normalized spacial score (nSPS) is 18.3. The van der Waals surface area contributed by atoms with Crippen molar-refractivity contribution in [2.75, 3.05) is 13.7 Å². The summed E-state index contributed by atoms with van der Waals surface area (Å²) in [4.78, 5) is 9.00. The first-order chi connectivity index (χ1) is 12.7. The van der Waals surface area contributed by atoms with Gasteiger partial charge >= 0.3 is 0 Å². The predicted molar refractivity (Wildman–Crippen MR) is 118 cm³/mol. The van der Waals surface area contributed by atoms with Gasteiger partial charge in [0.25, 0.3) is 0 Å². The first-order valence-corrected chi connectivity index (χ1v) is 8.99. The fourth-order valence-electron chi connectivity index (χ4n) is 2.54. The zero-order valence-electron chi connectivity index (χ0n) is 15.9. The van der Waals surface area contributed by atoms with E-state index in [2.05, 4.69) is 34.5 Å². The Labute approximate surface area is 177 Å². The van der Waals surface area contributed by atoms with E-state index in [0.29, 0.717) is 24.2 Å². The van der Waals surface area contributed by atoms with Crippen molar-refractivity contribution in [3.63, 3.8) is 0 Å². The molecule has 1 aromatic carbocycles. The maximum absolute atomic E-state index is 5.76. The van der Waals surface area contributed by atoms with E-state index in [1.807, 2.05) is 36.4 Å².